The van der Waals surface area contributed by atoms with Gasteiger partial charge in [-0.15, -0.1) is 0 Å². The van der Waals surface area contributed by atoms with Crippen LogP contribution in [0.4, 0.5) is 5.69 Å². The molecule has 8 nitrogen and oxygen atoms in total. The Morgan fingerprint density at radius 2 is 1.75 bits per heavy atom. The summed E-state index contributed by atoms with van der Waals surface area (Å²) in [6, 6.07) is 22.5. The predicted molar refractivity (Wildman–Crippen MR) is 153 cm³/mol. The van der Waals surface area contributed by atoms with Gasteiger partial charge in [0.1, 0.15) is 11.8 Å². The van der Waals surface area contributed by atoms with E-state index in [1.165, 1.54) is 12.7 Å². The number of aromatic nitrogens is 1. The van der Waals surface area contributed by atoms with Crippen molar-refractivity contribution in [1.29, 1.82) is 5.26 Å². The van der Waals surface area contributed by atoms with Gasteiger partial charge in [-0.1, -0.05) is 24.3 Å². The minimum Gasteiger partial charge on any atom is -0.334 e. The monoisotopic (exact) mass is 639 g/mol. The maximum atomic E-state index is 14.0. The Bertz CT molecular complexity index is 1650. The van der Waals surface area contributed by atoms with E-state index in [1.54, 1.807) is 42.5 Å². The van der Waals surface area contributed by atoms with E-state index >= 15 is 0 Å². The summed E-state index contributed by atoms with van der Waals surface area (Å²) >= 11 is 0.940. The minimum absolute atomic E-state index is 0.172. The molecule has 0 saturated heterocycles. The Kier molecular flexibility index (Phi) is 7.85. The molecule has 4 aromatic rings. The predicted octanol–water partition coefficient (Wildman–Crippen LogP) is 4.79. The standard InChI is InChI=1S/C31H28N4O4.Sn/c1-19-25(30(37)33-23-8-10-24(36)11-9-23)15-28(34(19)2)26-16-29(39-3)22(17-32)14-27(26)31(38)35-13-12-20-6-4-5-7-21(20)18-35;/h4-11,14-16,36H,12-13,18H2,1-3H3,(H,33,37);/q;+1/p-1. The molecule has 5 rings (SSSR count). The minimum atomic E-state index is -0.267. The van der Waals surface area contributed by atoms with Crippen LogP contribution < -0.4 is 13.1 Å². The molecule has 3 aromatic carbocycles. The van der Waals surface area contributed by atoms with Gasteiger partial charge in [0.15, 0.2) is 0 Å². The van der Waals surface area contributed by atoms with E-state index in [0.717, 1.165) is 46.4 Å². The van der Waals surface area contributed by atoms with Gasteiger partial charge in [-0.25, -0.2) is 0 Å². The van der Waals surface area contributed by atoms with Gasteiger partial charge in [0.2, 0.25) is 0 Å². The van der Waals surface area contributed by atoms with Crippen LogP contribution in [0.2, 0.25) is 0 Å². The molecule has 0 spiro atoms. The number of hydrogen-bond acceptors (Lipinski definition) is 5. The number of benzene rings is 3. The fourth-order valence-corrected chi connectivity index (χ4v) is 5.45. The van der Waals surface area contributed by atoms with Crippen molar-refractivity contribution in [2.24, 2.45) is 7.05 Å². The summed E-state index contributed by atoms with van der Waals surface area (Å²) in [6.45, 7) is 2.93. The van der Waals surface area contributed by atoms with Crippen LogP contribution in [0.3, 0.4) is 0 Å². The van der Waals surface area contributed by atoms with Crippen LogP contribution in [-0.2, 0) is 20.0 Å². The summed E-state index contributed by atoms with van der Waals surface area (Å²) in [7, 11) is 3.35. The van der Waals surface area contributed by atoms with E-state index in [2.05, 4.69) is 17.5 Å². The molecule has 0 fully saturated rings. The molecule has 2 heterocycles. The van der Waals surface area contributed by atoms with Crippen molar-refractivity contribution in [2.75, 3.05) is 19.0 Å². The molecule has 3 radical (unpaired) electrons. The van der Waals surface area contributed by atoms with Gasteiger partial charge in [-0.05, 0) is 23.6 Å². The first-order valence-corrected chi connectivity index (χ1v) is 13.9. The molecule has 40 heavy (non-hydrogen) atoms. The quantitative estimate of drug-likeness (QED) is 0.307. The Balaban J connectivity index is 1.54. The first-order chi connectivity index (χ1) is 19.3. The van der Waals surface area contributed by atoms with Gasteiger partial charge >= 0.3 is 136 Å². The van der Waals surface area contributed by atoms with Crippen molar-refractivity contribution >= 4 is 40.4 Å². The fourth-order valence-electron chi connectivity index (χ4n) is 5.06. The van der Waals surface area contributed by atoms with Crippen LogP contribution in [0.25, 0.3) is 11.3 Å². The maximum absolute atomic E-state index is 14.0. The number of nitriles is 1. The van der Waals surface area contributed by atoms with Gasteiger partial charge in [0, 0.05) is 13.1 Å². The zero-order chi connectivity index (χ0) is 28.4. The smallest absolute Gasteiger partial charge is 0.334 e. The average molecular weight is 638 g/mol. The topological polar surface area (TPSA) is 96.6 Å². The molecule has 1 aromatic heterocycles. The molecular formula is C31H27N4O4Sn. The Hall–Kier alpha value is -4.23. The second-order valence-corrected chi connectivity index (χ2v) is 10.2. The number of fused-ring (bicyclic) bond motifs is 1. The van der Waals surface area contributed by atoms with E-state index in [0.29, 0.717) is 46.9 Å². The number of rotatable bonds is 6. The zero-order valence-electron chi connectivity index (χ0n) is 22.4. The Morgan fingerprint density at radius 1 is 1.02 bits per heavy atom. The second kappa shape index (κ2) is 11.5. The number of nitrogens with one attached hydrogen (secondary N) is 1. The van der Waals surface area contributed by atoms with Crippen molar-refractivity contribution in [2.45, 2.75) is 19.9 Å². The number of amides is 2. The van der Waals surface area contributed by atoms with Crippen molar-refractivity contribution < 1.29 is 17.4 Å². The van der Waals surface area contributed by atoms with E-state index in [1.807, 2.05) is 41.6 Å². The first kappa shape index (κ1) is 27.3. The van der Waals surface area contributed by atoms with E-state index in [9.17, 15) is 14.9 Å². The van der Waals surface area contributed by atoms with Crippen LogP contribution in [0, 0.1) is 18.3 Å². The number of anilines is 1. The first-order valence-electron chi connectivity index (χ1n) is 12.7. The van der Waals surface area contributed by atoms with E-state index < -0.39 is 0 Å². The second-order valence-electron chi connectivity index (χ2n) is 9.62. The third-order valence-electron chi connectivity index (χ3n) is 7.39. The summed E-state index contributed by atoms with van der Waals surface area (Å²) in [5.74, 6) is 0.659. The third-order valence-corrected chi connectivity index (χ3v) is 8.07. The molecule has 199 valence electrons. The van der Waals surface area contributed by atoms with Crippen LogP contribution >= 0.6 is 0 Å². The number of carbonyl (C=O) groups excluding carboxylic acids is 2. The third kappa shape index (κ3) is 5.17. The van der Waals surface area contributed by atoms with Gasteiger partial charge in [-0.3, -0.25) is 4.79 Å². The molecule has 1 aliphatic heterocycles. The van der Waals surface area contributed by atoms with Crippen LogP contribution in [0.15, 0.2) is 66.7 Å². The summed E-state index contributed by atoms with van der Waals surface area (Å²) < 4.78 is 12.7. The molecule has 0 aliphatic carbocycles. The number of ether oxygens (including phenoxy) is 1. The van der Waals surface area contributed by atoms with E-state index in [-0.39, 0.29) is 17.4 Å². The van der Waals surface area contributed by atoms with Gasteiger partial charge in [0.05, 0.1) is 12.7 Å². The van der Waals surface area contributed by atoms with Crippen molar-refractivity contribution in [1.82, 2.24) is 9.47 Å². The number of nitrogens with zero attached hydrogens (tertiary/aromatic N) is 3. The SMILES string of the molecule is COc1cc(-c2cc(C(=O)Nc3ccc([O][Sn])cc3)c(C)n2C)c(C(=O)N2CCc3ccccc3C2)cc1C#N. The van der Waals surface area contributed by atoms with Crippen molar-refractivity contribution in [3.63, 3.8) is 0 Å². The van der Waals surface area contributed by atoms with Crippen LogP contribution in [-0.4, -0.2) is 57.9 Å². The normalized spacial score (nSPS) is 12.3. The molecular weight excluding hydrogens is 611 g/mol. The number of carbonyl (C=O) groups is 2. The van der Waals surface area contributed by atoms with Crippen LogP contribution in [0.5, 0.6) is 11.5 Å². The average Bonchev–Trinajstić information content (AvgIpc) is 3.29. The molecule has 1 aliphatic rings. The molecule has 0 saturated carbocycles. The molecule has 0 atom stereocenters. The summed E-state index contributed by atoms with van der Waals surface area (Å²) in [4.78, 5) is 29.1. The van der Waals surface area contributed by atoms with Crippen LogP contribution in [0.1, 0.15) is 43.1 Å². The van der Waals surface area contributed by atoms with Gasteiger partial charge in [-0.2, -0.15) is 5.26 Å². The fraction of sp³-hybridized carbons (Fsp3) is 0.194. The molecule has 0 unspecified atom stereocenters. The Morgan fingerprint density at radius 3 is 2.42 bits per heavy atom. The molecule has 1 N–H and O–H groups in total. The number of methoxy groups -OCH3 is 1. The zero-order valence-corrected chi connectivity index (χ0v) is 25.3. The van der Waals surface area contributed by atoms with Gasteiger partial charge in [0.25, 0.3) is 5.91 Å². The van der Waals surface area contributed by atoms with Crippen molar-refractivity contribution in [3.05, 3.63) is 100 Å². The molecule has 0 bridgehead atoms. The van der Waals surface area contributed by atoms with E-state index in [4.69, 9.17) is 7.81 Å². The molecule has 9 heteroatoms. The number of hydrogen-bond donors (Lipinski definition) is 1. The summed E-state index contributed by atoms with van der Waals surface area (Å²) in [6.07, 6.45) is 0.763. The summed E-state index contributed by atoms with van der Waals surface area (Å²) in [5, 5.41) is 12.7. The van der Waals surface area contributed by atoms with Crippen molar-refractivity contribution in [3.8, 4) is 28.8 Å². The van der Waals surface area contributed by atoms with Gasteiger partial charge < -0.3 is 9.64 Å². The Labute approximate surface area is 246 Å². The summed E-state index contributed by atoms with van der Waals surface area (Å²) in [5.41, 5.74) is 6.15. The molecule has 2 amide bonds.